The van der Waals surface area contributed by atoms with E-state index < -0.39 is 22.5 Å². The van der Waals surface area contributed by atoms with E-state index in [1.807, 2.05) is 6.07 Å². The second-order valence-corrected chi connectivity index (χ2v) is 5.75. The van der Waals surface area contributed by atoms with Gasteiger partial charge in [-0.1, -0.05) is 18.2 Å². The van der Waals surface area contributed by atoms with Gasteiger partial charge in [0.05, 0.1) is 17.4 Å². The topological polar surface area (TPSA) is 98.5 Å². The summed E-state index contributed by atoms with van der Waals surface area (Å²) < 4.78 is 24.5. The summed E-state index contributed by atoms with van der Waals surface area (Å²) in [6.45, 7) is -0.600. The number of aliphatic carboxylic acids is 1. The Labute approximate surface area is 105 Å². The van der Waals surface area contributed by atoms with Gasteiger partial charge in [-0.3, -0.25) is 4.79 Å². The number of rotatable bonds is 5. The zero-order valence-corrected chi connectivity index (χ0v) is 10.5. The van der Waals surface area contributed by atoms with E-state index >= 15 is 0 Å². The number of benzene rings is 1. The first-order chi connectivity index (χ1) is 8.36. The molecule has 0 heterocycles. The molecule has 6 nitrogen and oxygen atoms in total. The Balaban J connectivity index is 2.96. The maximum Gasteiger partial charge on any atom is 0.318 e. The third kappa shape index (κ3) is 3.55. The number of hydrogen-bond donors (Lipinski definition) is 1. The standard InChI is InChI=1S/C11H12N2O4S/c1-13(7-11(14)15)18(16,17)8-10-5-3-2-4-9(10)6-12/h2-5H,7-8H2,1H3,(H,14,15). The fraction of sp³-hybridized carbons (Fsp3) is 0.273. The molecule has 0 aromatic heterocycles. The Morgan fingerprint density at radius 3 is 2.61 bits per heavy atom. The third-order valence-electron chi connectivity index (χ3n) is 2.31. The van der Waals surface area contributed by atoms with Crippen LogP contribution in [0.5, 0.6) is 0 Å². The van der Waals surface area contributed by atoms with Crippen LogP contribution in [0.3, 0.4) is 0 Å². The van der Waals surface area contributed by atoms with Crippen LogP contribution in [-0.4, -0.2) is 37.4 Å². The number of carboxylic acid groups (broad SMARTS) is 1. The van der Waals surface area contributed by atoms with Crippen LogP contribution in [0.25, 0.3) is 0 Å². The molecule has 0 atom stereocenters. The minimum Gasteiger partial charge on any atom is -0.480 e. The lowest BCUT2D eigenvalue weighted by atomic mass is 10.1. The number of carboxylic acids is 1. The summed E-state index contributed by atoms with van der Waals surface area (Å²) in [6, 6.07) is 8.21. The quantitative estimate of drug-likeness (QED) is 0.833. The van der Waals surface area contributed by atoms with Crippen molar-refractivity contribution < 1.29 is 18.3 Å². The van der Waals surface area contributed by atoms with Crippen LogP contribution in [0.15, 0.2) is 24.3 Å². The highest BCUT2D eigenvalue weighted by atomic mass is 32.2. The Kier molecular flexibility index (Phi) is 4.42. The molecule has 0 spiro atoms. The third-order valence-corrected chi connectivity index (χ3v) is 4.06. The Hall–Kier alpha value is -1.91. The molecule has 1 N–H and O–H groups in total. The van der Waals surface area contributed by atoms with Crippen molar-refractivity contribution in [2.75, 3.05) is 13.6 Å². The lowest BCUT2D eigenvalue weighted by Gasteiger charge is -2.15. The maximum absolute atomic E-state index is 11.9. The molecule has 0 amide bonds. The van der Waals surface area contributed by atoms with Crippen LogP contribution in [0.2, 0.25) is 0 Å². The van der Waals surface area contributed by atoms with Gasteiger partial charge in [0.25, 0.3) is 0 Å². The average molecular weight is 268 g/mol. The maximum atomic E-state index is 11.9. The Morgan fingerprint density at radius 2 is 2.06 bits per heavy atom. The van der Waals surface area contributed by atoms with E-state index in [9.17, 15) is 13.2 Å². The van der Waals surface area contributed by atoms with Gasteiger partial charge in [0, 0.05) is 7.05 Å². The van der Waals surface area contributed by atoms with Gasteiger partial charge in [-0.2, -0.15) is 9.57 Å². The van der Waals surface area contributed by atoms with Gasteiger partial charge in [0.1, 0.15) is 6.54 Å². The largest absolute Gasteiger partial charge is 0.480 e. The lowest BCUT2D eigenvalue weighted by molar-refractivity contribution is -0.137. The average Bonchev–Trinajstić information content (AvgIpc) is 2.28. The molecular weight excluding hydrogens is 256 g/mol. The minimum atomic E-state index is -3.74. The van der Waals surface area contributed by atoms with Crippen LogP contribution in [0.1, 0.15) is 11.1 Å². The molecule has 0 aliphatic heterocycles. The first-order valence-corrected chi connectivity index (χ1v) is 6.61. The first kappa shape index (κ1) is 14.2. The number of carbonyl (C=O) groups is 1. The number of sulfonamides is 1. The summed E-state index contributed by atoms with van der Waals surface area (Å²) in [5, 5.41) is 17.4. The Morgan fingerprint density at radius 1 is 1.44 bits per heavy atom. The molecule has 96 valence electrons. The zero-order valence-electron chi connectivity index (χ0n) is 9.70. The van der Waals surface area contributed by atoms with Crippen molar-refractivity contribution in [3.63, 3.8) is 0 Å². The second kappa shape index (κ2) is 5.62. The van der Waals surface area contributed by atoms with Gasteiger partial charge in [0.15, 0.2) is 0 Å². The first-order valence-electron chi connectivity index (χ1n) is 5.00. The molecule has 0 saturated carbocycles. The highest BCUT2D eigenvalue weighted by Gasteiger charge is 2.21. The summed E-state index contributed by atoms with van der Waals surface area (Å²) in [4.78, 5) is 10.5. The van der Waals surface area contributed by atoms with Crippen molar-refractivity contribution in [1.82, 2.24) is 4.31 Å². The molecular formula is C11H12N2O4S. The van der Waals surface area contributed by atoms with E-state index in [4.69, 9.17) is 10.4 Å². The van der Waals surface area contributed by atoms with Crippen molar-refractivity contribution in [2.24, 2.45) is 0 Å². The molecule has 0 aliphatic carbocycles. The number of likely N-dealkylation sites (N-methyl/N-ethyl adjacent to an activating group) is 1. The normalized spacial score (nSPS) is 11.2. The van der Waals surface area contributed by atoms with Crippen LogP contribution in [-0.2, 0) is 20.6 Å². The van der Waals surface area contributed by atoms with Gasteiger partial charge in [-0.25, -0.2) is 8.42 Å². The number of nitriles is 1. The van der Waals surface area contributed by atoms with E-state index in [2.05, 4.69) is 0 Å². The zero-order chi connectivity index (χ0) is 13.8. The van der Waals surface area contributed by atoms with Gasteiger partial charge in [-0.15, -0.1) is 0 Å². The molecule has 18 heavy (non-hydrogen) atoms. The highest BCUT2D eigenvalue weighted by molar-refractivity contribution is 7.88. The number of nitrogens with zero attached hydrogens (tertiary/aromatic N) is 2. The lowest BCUT2D eigenvalue weighted by Crippen LogP contribution is -2.33. The van der Waals surface area contributed by atoms with Crippen molar-refractivity contribution >= 4 is 16.0 Å². The van der Waals surface area contributed by atoms with Crippen LogP contribution in [0.4, 0.5) is 0 Å². The van der Waals surface area contributed by atoms with Crippen molar-refractivity contribution in [2.45, 2.75) is 5.75 Å². The van der Waals surface area contributed by atoms with Gasteiger partial charge < -0.3 is 5.11 Å². The summed E-state index contributed by atoms with van der Waals surface area (Å²) in [5.74, 6) is -1.62. The molecule has 1 aromatic rings. The van der Waals surface area contributed by atoms with Crippen LogP contribution >= 0.6 is 0 Å². The van der Waals surface area contributed by atoms with E-state index in [1.54, 1.807) is 12.1 Å². The molecule has 0 bridgehead atoms. The van der Waals surface area contributed by atoms with E-state index in [-0.39, 0.29) is 11.3 Å². The van der Waals surface area contributed by atoms with Crippen molar-refractivity contribution in [1.29, 1.82) is 5.26 Å². The Bertz CT molecular complexity index is 589. The smallest absolute Gasteiger partial charge is 0.318 e. The van der Waals surface area contributed by atoms with Gasteiger partial charge >= 0.3 is 5.97 Å². The summed E-state index contributed by atoms with van der Waals surface area (Å²) >= 11 is 0. The summed E-state index contributed by atoms with van der Waals surface area (Å²) in [6.07, 6.45) is 0. The van der Waals surface area contributed by atoms with Gasteiger partial charge in [0.2, 0.25) is 10.0 Å². The van der Waals surface area contributed by atoms with E-state index in [0.717, 1.165) is 4.31 Å². The summed E-state index contributed by atoms with van der Waals surface area (Å²) in [7, 11) is -2.55. The van der Waals surface area contributed by atoms with E-state index in [0.29, 0.717) is 5.56 Å². The molecule has 0 unspecified atom stereocenters. The molecule has 1 rings (SSSR count). The van der Waals surface area contributed by atoms with Crippen LogP contribution in [0, 0.1) is 11.3 Å². The fourth-order valence-electron chi connectivity index (χ4n) is 1.35. The van der Waals surface area contributed by atoms with Crippen LogP contribution < -0.4 is 0 Å². The highest BCUT2D eigenvalue weighted by Crippen LogP contribution is 2.13. The SMILES string of the molecule is CN(CC(=O)O)S(=O)(=O)Cc1ccccc1C#N. The minimum absolute atomic E-state index is 0.268. The molecule has 0 aliphatic rings. The molecule has 0 saturated heterocycles. The second-order valence-electron chi connectivity index (χ2n) is 3.67. The van der Waals surface area contributed by atoms with E-state index in [1.165, 1.54) is 19.2 Å². The number of hydrogen-bond acceptors (Lipinski definition) is 4. The van der Waals surface area contributed by atoms with Crippen molar-refractivity contribution in [3.8, 4) is 6.07 Å². The monoisotopic (exact) mass is 268 g/mol. The molecule has 7 heteroatoms. The van der Waals surface area contributed by atoms with Crippen molar-refractivity contribution in [3.05, 3.63) is 35.4 Å². The predicted molar refractivity (Wildman–Crippen MR) is 64.0 cm³/mol. The summed E-state index contributed by atoms with van der Waals surface area (Å²) in [5.41, 5.74) is 0.627. The predicted octanol–water partition coefficient (Wildman–Crippen LogP) is 0.404. The molecule has 0 radical (unpaired) electrons. The fourth-order valence-corrected chi connectivity index (χ4v) is 2.52. The molecule has 1 aromatic carbocycles. The van der Waals surface area contributed by atoms with Gasteiger partial charge in [-0.05, 0) is 11.6 Å². The molecule has 0 fully saturated rings.